The Morgan fingerprint density at radius 2 is 2.00 bits per heavy atom. The number of carbonyl (C=O) groups excluding carboxylic acids is 1. The number of rotatable bonds is 4. The van der Waals surface area contributed by atoms with E-state index in [4.69, 9.17) is 24.9 Å². The van der Waals surface area contributed by atoms with Gasteiger partial charge in [0, 0.05) is 30.8 Å². The van der Waals surface area contributed by atoms with Gasteiger partial charge in [0.2, 0.25) is 0 Å². The minimum Gasteiger partial charge on any atom is -0.486 e. The fraction of sp³-hybridized carbons (Fsp3) is 0.391. The third-order valence-electron chi connectivity index (χ3n) is 5.79. The first-order valence-corrected chi connectivity index (χ1v) is 10.8. The fourth-order valence-electron chi connectivity index (χ4n) is 4.18. The van der Waals surface area contributed by atoms with Crippen LogP contribution in [-0.4, -0.2) is 58.7 Å². The lowest BCUT2D eigenvalue weighted by molar-refractivity contribution is -0.134. The van der Waals surface area contributed by atoms with Crippen LogP contribution in [-0.2, 0) is 4.79 Å². The lowest BCUT2D eigenvalue weighted by Gasteiger charge is -2.32. The molecule has 0 radical (unpaired) electrons. The van der Waals surface area contributed by atoms with Gasteiger partial charge in [0.05, 0.1) is 5.39 Å². The highest BCUT2D eigenvalue weighted by Crippen LogP contribution is 2.33. The Balaban J connectivity index is 1.24. The van der Waals surface area contributed by atoms with Crippen LogP contribution in [0.5, 0.6) is 17.2 Å². The molecule has 1 aromatic carbocycles. The monoisotopic (exact) mass is 435 g/mol. The minimum atomic E-state index is -0.0483. The van der Waals surface area contributed by atoms with Crippen LogP contribution in [0.4, 0.5) is 5.82 Å². The van der Waals surface area contributed by atoms with Gasteiger partial charge in [-0.15, -0.1) is 0 Å². The highest BCUT2D eigenvalue weighted by atomic mass is 16.6. The molecule has 9 heteroatoms. The Morgan fingerprint density at radius 3 is 2.88 bits per heavy atom. The molecule has 5 rings (SSSR count). The average Bonchev–Trinajstić information content (AvgIpc) is 2.82. The Hall–Kier alpha value is -3.62. The van der Waals surface area contributed by atoms with Crippen molar-refractivity contribution in [2.24, 2.45) is 0 Å². The zero-order valence-electron chi connectivity index (χ0n) is 17.9. The molecule has 1 saturated heterocycles. The SMILES string of the molecule is Cc1nc(N)c2ccc([C@H]3CCCN(C(=O)COc4ccc5c(c4)OCCO5)C3)nc2n1. The van der Waals surface area contributed by atoms with E-state index in [9.17, 15) is 4.79 Å². The predicted molar refractivity (Wildman–Crippen MR) is 118 cm³/mol. The summed E-state index contributed by atoms with van der Waals surface area (Å²) in [5.41, 5.74) is 7.51. The minimum absolute atomic E-state index is 0.0273. The molecule has 166 valence electrons. The maximum absolute atomic E-state index is 12.8. The van der Waals surface area contributed by atoms with Crippen molar-refractivity contribution in [2.45, 2.75) is 25.7 Å². The number of aromatic nitrogens is 3. The number of nitrogens with zero attached hydrogens (tertiary/aromatic N) is 4. The molecular formula is C23H25N5O4. The van der Waals surface area contributed by atoms with Gasteiger partial charge < -0.3 is 24.8 Å². The standard InChI is InChI=1S/C23H25N5O4/c1-14-25-22(24)17-5-6-18(27-23(17)26-14)15-3-2-8-28(12-15)21(29)13-32-16-4-7-19-20(11-16)31-10-9-30-19/h4-7,11,15H,2-3,8-10,12-13H2,1H3,(H2,24,25,26,27)/t15-/m0/s1. The molecule has 32 heavy (non-hydrogen) atoms. The number of hydrogen-bond donors (Lipinski definition) is 1. The molecule has 2 N–H and O–H groups in total. The zero-order chi connectivity index (χ0) is 22.1. The highest BCUT2D eigenvalue weighted by Gasteiger charge is 2.26. The second-order valence-corrected chi connectivity index (χ2v) is 8.04. The van der Waals surface area contributed by atoms with Crippen LogP contribution in [0.2, 0.25) is 0 Å². The molecule has 1 atom stereocenters. The van der Waals surface area contributed by atoms with Crippen LogP contribution in [0.3, 0.4) is 0 Å². The van der Waals surface area contributed by atoms with E-state index < -0.39 is 0 Å². The van der Waals surface area contributed by atoms with Crippen molar-refractivity contribution in [2.75, 3.05) is 38.6 Å². The van der Waals surface area contributed by atoms with Crippen LogP contribution in [0, 0.1) is 6.92 Å². The van der Waals surface area contributed by atoms with Crippen LogP contribution >= 0.6 is 0 Å². The van der Waals surface area contributed by atoms with Crippen LogP contribution < -0.4 is 19.9 Å². The Bertz CT molecular complexity index is 1170. The fourth-order valence-corrected chi connectivity index (χ4v) is 4.18. The number of likely N-dealkylation sites (tertiary alicyclic amines) is 1. The average molecular weight is 435 g/mol. The molecule has 4 heterocycles. The van der Waals surface area contributed by atoms with Gasteiger partial charge in [-0.2, -0.15) is 0 Å². The summed E-state index contributed by atoms with van der Waals surface area (Å²) < 4.78 is 16.8. The number of aryl methyl sites for hydroxylation is 1. The van der Waals surface area contributed by atoms with Gasteiger partial charge in [-0.3, -0.25) is 4.79 Å². The van der Waals surface area contributed by atoms with Gasteiger partial charge >= 0.3 is 0 Å². The van der Waals surface area contributed by atoms with E-state index in [0.29, 0.717) is 60.8 Å². The summed E-state index contributed by atoms with van der Waals surface area (Å²) in [5.74, 6) is 3.04. The number of hydrogen-bond acceptors (Lipinski definition) is 8. The lowest BCUT2D eigenvalue weighted by atomic mass is 9.94. The first-order chi connectivity index (χ1) is 15.6. The van der Waals surface area contributed by atoms with Gasteiger partial charge in [0.1, 0.15) is 30.6 Å². The van der Waals surface area contributed by atoms with E-state index in [1.54, 1.807) is 25.1 Å². The first-order valence-electron chi connectivity index (χ1n) is 10.8. The molecule has 2 aromatic heterocycles. The lowest BCUT2D eigenvalue weighted by Crippen LogP contribution is -2.41. The molecule has 0 spiro atoms. The molecule has 2 aliphatic heterocycles. The van der Waals surface area contributed by atoms with Crippen LogP contribution in [0.15, 0.2) is 30.3 Å². The number of carbonyl (C=O) groups is 1. The number of anilines is 1. The number of benzene rings is 1. The van der Waals surface area contributed by atoms with Crippen molar-refractivity contribution >= 4 is 22.8 Å². The summed E-state index contributed by atoms with van der Waals surface area (Å²) in [6, 6.07) is 9.22. The predicted octanol–water partition coefficient (Wildman–Crippen LogP) is 2.47. The number of nitrogens with two attached hydrogens (primary N) is 1. The third kappa shape index (κ3) is 4.10. The van der Waals surface area contributed by atoms with Crippen LogP contribution in [0.1, 0.15) is 30.3 Å². The van der Waals surface area contributed by atoms with E-state index in [0.717, 1.165) is 23.9 Å². The second kappa shape index (κ2) is 8.49. The number of nitrogen functional groups attached to an aromatic ring is 1. The van der Waals surface area contributed by atoms with Gasteiger partial charge in [-0.05, 0) is 44.0 Å². The molecule has 0 unspecified atom stereocenters. The smallest absolute Gasteiger partial charge is 0.260 e. The van der Waals surface area contributed by atoms with Crippen molar-refractivity contribution in [1.82, 2.24) is 19.9 Å². The van der Waals surface area contributed by atoms with E-state index >= 15 is 0 Å². The van der Waals surface area contributed by atoms with E-state index in [1.807, 2.05) is 17.0 Å². The molecule has 3 aromatic rings. The molecule has 9 nitrogen and oxygen atoms in total. The summed E-state index contributed by atoms with van der Waals surface area (Å²) in [5, 5.41) is 0.746. The molecule has 0 bridgehead atoms. The summed E-state index contributed by atoms with van der Waals surface area (Å²) in [6.07, 6.45) is 1.87. The van der Waals surface area contributed by atoms with Gasteiger partial charge in [-0.25, -0.2) is 15.0 Å². The van der Waals surface area contributed by atoms with Gasteiger partial charge in [-0.1, -0.05) is 0 Å². The quantitative estimate of drug-likeness (QED) is 0.665. The summed E-state index contributed by atoms with van der Waals surface area (Å²) >= 11 is 0. The number of pyridine rings is 1. The molecule has 2 aliphatic rings. The molecule has 1 fully saturated rings. The third-order valence-corrected chi connectivity index (χ3v) is 5.79. The van der Waals surface area contributed by atoms with E-state index in [2.05, 4.69) is 9.97 Å². The first kappa shape index (κ1) is 20.3. The Kier molecular flexibility index (Phi) is 5.38. The second-order valence-electron chi connectivity index (χ2n) is 8.04. The van der Waals surface area contributed by atoms with Gasteiger partial charge in [0.15, 0.2) is 23.8 Å². The molecular weight excluding hydrogens is 410 g/mol. The zero-order valence-corrected chi connectivity index (χ0v) is 17.9. The summed E-state index contributed by atoms with van der Waals surface area (Å²) in [4.78, 5) is 28.0. The van der Waals surface area contributed by atoms with Crippen molar-refractivity contribution in [3.8, 4) is 17.2 Å². The van der Waals surface area contributed by atoms with Gasteiger partial charge in [0.25, 0.3) is 5.91 Å². The highest BCUT2D eigenvalue weighted by molar-refractivity contribution is 5.85. The van der Waals surface area contributed by atoms with Crippen LogP contribution in [0.25, 0.3) is 11.0 Å². The number of ether oxygens (including phenoxy) is 3. The summed E-state index contributed by atoms with van der Waals surface area (Å²) in [6.45, 7) is 4.12. The summed E-state index contributed by atoms with van der Waals surface area (Å²) in [7, 11) is 0. The van der Waals surface area contributed by atoms with Crippen molar-refractivity contribution in [3.05, 3.63) is 41.9 Å². The van der Waals surface area contributed by atoms with Crippen molar-refractivity contribution in [1.29, 1.82) is 0 Å². The normalized spacial score (nSPS) is 17.9. The largest absolute Gasteiger partial charge is 0.486 e. The number of amides is 1. The van der Waals surface area contributed by atoms with E-state index in [-0.39, 0.29) is 18.4 Å². The number of fused-ring (bicyclic) bond motifs is 2. The number of piperidine rings is 1. The van der Waals surface area contributed by atoms with Crippen molar-refractivity contribution < 1.29 is 19.0 Å². The topological polar surface area (TPSA) is 113 Å². The maximum Gasteiger partial charge on any atom is 0.260 e. The maximum atomic E-state index is 12.8. The van der Waals surface area contributed by atoms with Crippen molar-refractivity contribution in [3.63, 3.8) is 0 Å². The molecule has 1 amide bonds. The Labute approximate surface area is 185 Å². The van der Waals surface area contributed by atoms with E-state index in [1.165, 1.54) is 0 Å². The Morgan fingerprint density at radius 1 is 1.16 bits per heavy atom. The molecule has 0 saturated carbocycles. The molecule has 0 aliphatic carbocycles.